The molecule has 7 nitrogen and oxygen atoms in total. The molecule has 0 bridgehead atoms. The second-order valence-corrected chi connectivity index (χ2v) is 11.4. The van der Waals surface area contributed by atoms with Crippen molar-refractivity contribution in [1.82, 2.24) is 10.6 Å². The van der Waals surface area contributed by atoms with Crippen LogP contribution in [0, 0.1) is 17.2 Å². The Morgan fingerprint density at radius 3 is 2.60 bits per heavy atom. The molecule has 1 aliphatic heterocycles. The molecule has 2 aromatic carbocycles. The van der Waals surface area contributed by atoms with Crippen LogP contribution < -0.4 is 10.6 Å². The van der Waals surface area contributed by atoms with Gasteiger partial charge in [0.15, 0.2) is 0 Å². The summed E-state index contributed by atoms with van der Waals surface area (Å²) in [7, 11) is 0. The Morgan fingerprint density at radius 1 is 1.07 bits per heavy atom. The quantitative estimate of drug-likeness (QED) is 0.193. The molecule has 1 heterocycles. The topological polar surface area (TPSA) is 100 Å². The van der Waals surface area contributed by atoms with Gasteiger partial charge < -0.3 is 20.1 Å². The Morgan fingerprint density at radius 2 is 1.86 bits per heavy atom. The number of nitrogens with zero attached hydrogens (tertiary/aromatic N) is 1. The molecular formula is C35H40ClN3O4. The highest BCUT2D eigenvalue weighted by atomic mass is 35.5. The molecule has 0 saturated heterocycles. The Kier molecular flexibility index (Phi) is 12.4. The van der Waals surface area contributed by atoms with Crippen LogP contribution in [0.1, 0.15) is 68.9 Å². The normalized spacial score (nSPS) is 17.5. The number of allylic oxidation sites excluding steroid dienone is 1. The van der Waals surface area contributed by atoms with Crippen LogP contribution >= 0.6 is 11.6 Å². The summed E-state index contributed by atoms with van der Waals surface area (Å²) in [6.45, 7) is 2.83. The van der Waals surface area contributed by atoms with Gasteiger partial charge in [0.1, 0.15) is 6.61 Å². The number of esters is 1. The zero-order chi connectivity index (χ0) is 30.4. The van der Waals surface area contributed by atoms with Crippen LogP contribution in [-0.2, 0) is 19.1 Å². The zero-order valence-corrected chi connectivity index (χ0v) is 25.5. The number of amides is 1. The summed E-state index contributed by atoms with van der Waals surface area (Å²) in [6, 6.07) is 19.0. The molecule has 1 amide bonds. The average Bonchev–Trinajstić information content (AvgIpc) is 3.02. The maximum Gasteiger partial charge on any atom is 0.336 e. The first-order chi connectivity index (χ1) is 21.0. The van der Waals surface area contributed by atoms with E-state index in [0.717, 1.165) is 12.0 Å². The monoisotopic (exact) mass is 601 g/mol. The van der Waals surface area contributed by atoms with E-state index < -0.39 is 11.9 Å². The molecule has 1 fully saturated rings. The third-order valence-electron chi connectivity index (χ3n) is 7.87. The molecule has 0 spiro atoms. The van der Waals surface area contributed by atoms with Crippen LogP contribution in [0.2, 0.25) is 5.02 Å². The second-order valence-electron chi connectivity index (χ2n) is 11.0. The zero-order valence-electron chi connectivity index (χ0n) is 24.7. The number of benzene rings is 2. The molecule has 226 valence electrons. The van der Waals surface area contributed by atoms with Gasteiger partial charge in [-0.05, 0) is 42.5 Å². The lowest BCUT2D eigenvalue weighted by Crippen LogP contribution is -2.38. The minimum atomic E-state index is -0.746. The fraction of sp³-hybridized carbons (Fsp3) is 0.400. The third-order valence-corrected chi connectivity index (χ3v) is 8.11. The SMILES string of the molecule is CC1=C(C(=O)OCCC#N)C(c2cccc(Cl)c2)C(C(=O)NC/C=C/c2ccccc2)=C(COCCC2CCCCC2)N1. The van der Waals surface area contributed by atoms with Crippen molar-refractivity contribution in [2.45, 2.75) is 57.8 Å². The predicted molar refractivity (Wildman–Crippen MR) is 169 cm³/mol. The van der Waals surface area contributed by atoms with Crippen LogP contribution in [0.15, 0.2) is 83.2 Å². The molecule has 1 saturated carbocycles. The number of carbonyl (C=O) groups is 2. The number of ether oxygens (including phenoxy) is 2. The van der Waals surface area contributed by atoms with Crippen molar-refractivity contribution in [2.75, 3.05) is 26.4 Å². The van der Waals surface area contributed by atoms with Gasteiger partial charge in [0, 0.05) is 23.9 Å². The number of hydrogen-bond acceptors (Lipinski definition) is 6. The molecule has 1 unspecified atom stereocenters. The van der Waals surface area contributed by atoms with Crippen molar-refractivity contribution in [2.24, 2.45) is 5.92 Å². The van der Waals surface area contributed by atoms with E-state index in [4.69, 9.17) is 26.3 Å². The fourth-order valence-electron chi connectivity index (χ4n) is 5.74. The van der Waals surface area contributed by atoms with E-state index in [1.807, 2.05) is 54.6 Å². The Labute approximate surface area is 259 Å². The third kappa shape index (κ3) is 9.31. The first-order valence-corrected chi connectivity index (χ1v) is 15.4. The van der Waals surface area contributed by atoms with Gasteiger partial charge in [-0.3, -0.25) is 4.79 Å². The molecule has 0 aromatic heterocycles. The van der Waals surface area contributed by atoms with E-state index in [1.165, 1.54) is 32.1 Å². The van der Waals surface area contributed by atoms with E-state index in [2.05, 4.69) is 10.6 Å². The minimum Gasteiger partial charge on any atom is -0.461 e. The number of carbonyl (C=O) groups excluding carboxylic acids is 2. The highest BCUT2D eigenvalue weighted by Gasteiger charge is 2.38. The Bertz CT molecular complexity index is 1390. The van der Waals surface area contributed by atoms with Crippen molar-refractivity contribution >= 4 is 29.6 Å². The molecule has 0 radical (unpaired) electrons. The largest absolute Gasteiger partial charge is 0.461 e. The first kappa shape index (κ1) is 32.1. The molecule has 4 rings (SSSR count). The lowest BCUT2D eigenvalue weighted by Gasteiger charge is -2.32. The molecule has 2 aliphatic rings. The first-order valence-electron chi connectivity index (χ1n) is 15.1. The maximum absolute atomic E-state index is 14.0. The highest BCUT2D eigenvalue weighted by molar-refractivity contribution is 6.30. The molecule has 2 N–H and O–H groups in total. The van der Waals surface area contributed by atoms with E-state index in [9.17, 15) is 9.59 Å². The van der Waals surface area contributed by atoms with Crippen molar-refractivity contribution in [3.05, 3.63) is 99.4 Å². The predicted octanol–water partition coefficient (Wildman–Crippen LogP) is 6.83. The van der Waals surface area contributed by atoms with Crippen LogP contribution in [0.5, 0.6) is 0 Å². The summed E-state index contributed by atoms with van der Waals surface area (Å²) < 4.78 is 11.6. The summed E-state index contributed by atoms with van der Waals surface area (Å²) in [5, 5.41) is 15.7. The molecule has 43 heavy (non-hydrogen) atoms. The lowest BCUT2D eigenvalue weighted by atomic mass is 9.80. The van der Waals surface area contributed by atoms with Gasteiger partial charge in [-0.25, -0.2) is 4.79 Å². The summed E-state index contributed by atoms with van der Waals surface area (Å²) >= 11 is 6.40. The smallest absolute Gasteiger partial charge is 0.336 e. The number of nitrogens with one attached hydrogen (secondary N) is 2. The standard InChI is InChI=1S/C35H40ClN3O4/c1-25-31(35(41)43-21-10-19-37)32(28-16-8-17-29(36)23-28)33(34(40)38-20-9-15-26-11-4-2-5-12-26)30(39-25)24-42-22-18-27-13-6-3-7-14-27/h2,4-5,8-9,11-12,15-17,23,27,32,39H,3,6-7,10,13-14,18,20-22,24H2,1H3,(H,38,40)/b15-9+. The van der Waals surface area contributed by atoms with Crippen molar-refractivity contribution in [1.29, 1.82) is 5.26 Å². The second kappa shape index (κ2) is 16.7. The molecule has 1 atom stereocenters. The van der Waals surface area contributed by atoms with E-state index >= 15 is 0 Å². The highest BCUT2D eigenvalue weighted by Crippen LogP contribution is 2.39. The summed E-state index contributed by atoms with van der Waals surface area (Å²) in [4.78, 5) is 27.4. The minimum absolute atomic E-state index is 0.0406. The van der Waals surface area contributed by atoms with Crippen LogP contribution in [0.3, 0.4) is 0 Å². The molecular weight excluding hydrogens is 562 g/mol. The average molecular weight is 602 g/mol. The fourth-order valence-corrected chi connectivity index (χ4v) is 5.94. The summed E-state index contributed by atoms with van der Waals surface area (Å²) in [5.74, 6) is -0.978. The van der Waals surface area contributed by atoms with Crippen molar-refractivity contribution in [3.8, 4) is 6.07 Å². The molecule has 1 aliphatic carbocycles. The number of halogens is 1. The maximum atomic E-state index is 14.0. The van der Waals surface area contributed by atoms with Crippen LogP contribution in [0.4, 0.5) is 0 Å². The van der Waals surface area contributed by atoms with Gasteiger partial charge in [-0.15, -0.1) is 0 Å². The van der Waals surface area contributed by atoms with E-state index in [0.29, 0.717) is 52.2 Å². The van der Waals surface area contributed by atoms with E-state index in [1.54, 1.807) is 25.1 Å². The molecule has 8 heteroatoms. The lowest BCUT2D eigenvalue weighted by molar-refractivity contribution is -0.139. The van der Waals surface area contributed by atoms with Gasteiger partial charge in [-0.1, -0.05) is 98.3 Å². The van der Waals surface area contributed by atoms with Crippen LogP contribution in [-0.4, -0.2) is 38.2 Å². The number of dihydropyridines is 1. The van der Waals surface area contributed by atoms with Gasteiger partial charge in [-0.2, -0.15) is 5.26 Å². The van der Waals surface area contributed by atoms with Gasteiger partial charge in [0.25, 0.3) is 0 Å². The number of nitriles is 1. The van der Waals surface area contributed by atoms with Gasteiger partial charge in [0.2, 0.25) is 5.91 Å². The Hall–Kier alpha value is -3.86. The Balaban J connectivity index is 1.62. The van der Waals surface area contributed by atoms with Gasteiger partial charge in [0.05, 0.1) is 41.9 Å². The molecule has 2 aromatic rings. The van der Waals surface area contributed by atoms with Gasteiger partial charge >= 0.3 is 5.97 Å². The van der Waals surface area contributed by atoms with Crippen molar-refractivity contribution < 1.29 is 19.1 Å². The summed E-state index contributed by atoms with van der Waals surface area (Å²) in [6.07, 6.45) is 11.2. The number of hydrogen-bond donors (Lipinski definition) is 2. The summed E-state index contributed by atoms with van der Waals surface area (Å²) in [5.41, 5.74) is 3.56. The van der Waals surface area contributed by atoms with Crippen LogP contribution in [0.25, 0.3) is 6.08 Å². The van der Waals surface area contributed by atoms with E-state index in [-0.39, 0.29) is 25.5 Å². The van der Waals surface area contributed by atoms with Crippen molar-refractivity contribution in [3.63, 3.8) is 0 Å². The number of rotatable bonds is 13.